The van der Waals surface area contributed by atoms with E-state index in [1.165, 1.54) is 6.07 Å². The smallest absolute Gasteiger partial charge is 0.269 e. The predicted molar refractivity (Wildman–Crippen MR) is 89.5 cm³/mol. The van der Waals surface area contributed by atoms with Crippen molar-refractivity contribution in [1.29, 1.82) is 0 Å². The summed E-state index contributed by atoms with van der Waals surface area (Å²) in [7, 11) is 0. The molecule has 0 radical (unpaired) electrons. The van der Waals surface area contributed by atoms with Crippen LogP contribution in [-0.2, 0) is 6.54 Å². The van der Waals surface area contributed by atoms with Gasteiger partial charge < -0.3 is 4.98 Å². The Hall–Kier alpha value is -3.48. The summed E-state index contributed by atoms with van der Waals surface area (Å²) in [5, 5.41) is 16.3. The molecule has 0 unspecified atom stereocenters. The van der Waals surface area contributed by atoms with Crippen LogP contribution in [0.15, 0.2) is 61.2 Å². The van der Waals surface area contributed by atoms with Crippen molar-refractivity contribution < 1.29 is 4.92 Å². The quantitative estimate of drug-likeness (QED) is 0.461. The minimum absolute atomic E-state index is 0.0862. The van der Waals surface area contributed by atoms with Gasteiger partial charge in [-0.1, -0.05) is 12.1 Å². The zero-order valence-electron chi connectivity index (χ0n) is 12.6. The first-order valence-electron chi connectivity index (χ1n) is 7.39. The van der Waals surface area contributed by atoms with Gasteiger partial charge in [-0.15, -0.1) is 0 Å². The molecular formula is C17H13N5O2. The van der Waals surface area contributed by atoms with E-state index >= 15 is 0 Å². The molecule has 4 rings (SSSR count). The van der Waals surface area contributed by atoms with E-state index in [4.69, 9.17) is 0 Å². The number of nitrogens with zero attached hydrogens (tertiary/aromatic N) is 4. The highest BCUT2D eigenvalue weighted by molar-refractivity contribution is 5.92. The van der Waals surface area contributed by atoms with Crippen molar-refractivity contribution in [2.75, 3.05) is 0 Å². The van der Waals surface area contributed by atoms with Crippen molar-refractivity contribution in [3.05, 3.63) is 76.9 Å². The van der Waals surface area contributed by atoms with Crippen LogP contribution in [-0.4, -0.2) is 24.7 Å². The summed E-state index contributed by atoms with van der Waals surface area (Å²) >= 11 is 0. The van der Waals surface area contributed by atoms with Crippen molar-refractivity contribution in [1.82, 2.24) is 19.7 Å². The Kier molecular flexibility index (Phi) is 3.31. The summed E-state index contributed by atoms with van der Waals surface area (Å²) in [6.45, 7) is 0.475. The van der Waals surface area contributed by atoms with Gasteiger partial charge in [0.1, 0.15) is 5.65 Å². The molecule has 0 spiro atoms. The first-order chi connectivity index (χ1) is 11.7. The standard InChI is InChI=1S/C17H13N5O2/c23-22(24)14-3-1-2-12(8-14)10-21-11-13(9-20-21)15-4-6-18-17-16(15)5-7-19-17/h1-9,11H,10H2,(H,18,19). The Labute approximate surface area is 136 Å². The number of pyridine rings is 1. The van der Waals surface area contributed by atoms with E-state index in [-0.39, 0.29) is 5.69 Å². The van der Waals surface area contributed by atoms with Crippen molar-refractivity contribution in [2.24, 2.45) is 0 Å². The lowest BCUT2D eigenvalue weighted by atomic mass is 10.1. The van der Waals surface area contributed by atoms with E-state index in [2.05, 4.69) is 15.1 Å². The average molecular weight is 319 g/mol. The number of rotatable bonds is 4. The van der Waals surface area contributed by atoms with Crippen molar-refractivity contribution in [2.45, 2.75) is 6.54 Å². The normalized spacial score (nSPS) is 11.0. The molecule has 7 nitrogen and oxygen atoms in total. The zero-order valence-corrected chi connectivity index (χ0v) is 12.6. The maximum atomic E-state index is 10.9. The minimum Gasteiger partial charge on any atom is -0.346 e. The van der Waals surface area contributed by atoms with Gasteiger partial charge in [-0.05, 0) is 23.3 Å². The van der Waals surface area contributed by atoms with Crippen LogP contribution in [0.25, 0.3) is 22.2 Å². The Morgan fingerprint density at radius 2 is 2.17 bits per heavy atom. The van der Waals surface area contributed by atoms with E-state index in [1.54, 1.807) is 29.2 Å². The van der Waals surface area contributed by atoms with Gasteiger partial charge in [0.15, 0.2) is 0 Å². The van der Waals surface area contributed by atoms with E-state index < -0.39 is 4.92 Å². The first kappa shape index (κ1) is 14.1. The third kappa shape index (κ3) is 2.52. The molecular weight excluding hydrogens is 306 g/mol. The number of nitrogens with one attached hydrogen (secondary N) is 1. The summed E-state index contributed by atoms with van der Waals surface area (Å²) in [6.07, 6.45) is 7.33. The molecule has 24 heavy (non-hydrogen) atoms. The molecule has 0 saturated heterocycles. The minimum atomic E-state index is -0.391. The van der Waals surface area contributed by atoms with Crippen LogP contribution < -0.4 is 0 Å². The number of fused-ring (bicyclic) bond motifs is 1. The molecule has 3 heterocycles. The Balaban J connectivity index is 1.65. The molecule has 0 fully saturated rings. The fourth-order valence-corrected chi connectivity index (χ4v) is 2.76. The number of hydrogen-bond donors (Lipinski definition) is 1. The topological polar surface area (TPSA) is 89.6 Å². The summed E-state index contributed by atoms with van der Waals surface area (Å²) in [5.74, 6) is 0. The molecule has 0 bridgehead atoms. The highest BCUT2D eigenvalue weighted by Gasteiger charge is 2.09. The second-order valence-electron chi connectivity index (χ2n) is 5.45. The average Bonchev–Trinajstić information content (AvgIpc) is 3.23. The maximum absolute atomic E-state index is 10.9. The number of H-pyrrole nitrogens is 1. The fraction of sp³-hybridized carbons (Fsp3) is 0.0588. The number of aromatic nitrogens is 4. The van der Waals surface area contributed by atoms with Gasteiger partial charge in [-0.2, -0.15) is 5.10 Å². The third-order valence-electron chi connectivity index (χ3n) is 3.87. The molecule has 0 atom stereocenters. The summed E-state index contributed by atoms with van der Waals surface area (Å²) in [5.41, 5.74) is 3.78. The van der Waals surface area contributed by atoms with Gasteiger partial charge in [0, 0.05) is 41.7 Å². The van der Waals surface area contributed by atoms with Crippen molar-refractivity contribution >= 4 is 16.7 Å². The zero-order chi connectivity index (χ0) is 16.5. The van der Waals surface area contributed by atoms with Crippen LogP contribution in [0.4, 0.5) is 5.69 Å². The molecule has 0 aliphatic heterocycles. The second-order valence-corrected chi connectivity index (χ2v) is 5.45. The molecule has 1 N–H and O–H groups in total. The molecule has 7 heteroatoms. The molecule has 3 aromatic heterocycles. The Morgan fingerprint density at radius 1 is 1.25 bits per heavy atom. The van der Waals surface area contributed by atoms with Gasteiger partial charge in [-0.25, -0.2) is 4.98 Å². The third-order valence-corrected chi connectivity index (χ3v) is 3.87. The number of nitro groups is 1. The van der Waals surface area contributed by atoms with Crippen LogP contribution in [0.1, 0.15) is 5.56 Å². The number of nitro benzene ring substituents is 1. The number of non-ortho nitro benzene ring substituents is 1. The molecule has 1 aromatic carbocycles. The molecule has 0 aliphatic carbocycles. The molecule has 4 aromatic rings. The van der Waals surface area contributed by atoms with Crippen LogP contribution in [0.3, 0.4) is 0 Å². The maximum Gasteiger partial charge on any atom is 0.269 e. The lowest BCUT2D eigenvalue weighted by molar-refractivity contribution is -0.384. The van der Waals surface area contributed by atoms with Gasteiger partial charge in [0.2, 0.25) is 0 Å². The fourth-order valence-electron chi connectivity index (χ4n) is 2.76. The van der Waals surface area contributed by atoms with Crippen molar-refractivity contribution in [3.63, 3.8) is 0 Å². The van der Waals surface area contributed by atoms with Crippen LogP contribution in [0, 0.1) is 10.1 Å². The first-order valence-corrected chi connectivity index (χ1v) is 7.39. The molecule has 0 aliphatic rings. The number of hydrogen-bond acceptors (Lipinski definition) is 4. The SMILES string of the molecule is O=[N+]([O-])c1cccc(Cn2cc(-c3ccnc4[nH]ccc34)cn2)c1. The molecule has 0 saturated carbocycles. The Morgan fingerprint density at radius 3 is 3.04 bits per heavy atom. The lowest BCUT2D eigenvalue weighted by Gasteiger charge is -2.02. The highest BCUT2D eigenvalue weighted by atomic mass is 16.6. The number of aromatic amines is 1. The summed E-state index contributed by atoms with van der Waals surface area (Å²) in [6, 6.07) is 10.5. The van der Waals surface area contributed by atoms with Gasteiger partial charge in [0.25, 0.3) is 5.69 Å². The van der Waals surface area contributed by atoms with Gasteiger partial charge in [-0.3, -0.25) is 14.8 Å². The monoisotopic (exact) mass is 319 g/mol. The predicted octanol–water partition coefficient (Wildman–Crippen LogP) is 3.38. The lowest BCUT2D eigenvalue weighted by Crippen LogP contribution is -2.00. The van der Waals surface area contributed by atoms with E-state index in [0.29, 0.717) is 6.54 Å². The van der Waals surface area contributed by atoms with Crippen LogP contribution >= 0.6 is 0 Å². The Bertz CT molecular complexity index is 1030. The van der Waals surface area contributed by atoms with Crippen LogP contribution in [0.5, 0.6) is 0 Å². The summed E-state index contributed by atoms with van der Waals surface area (Å²) in [4.78, 5) is 17.8. The van der Waals surface area contributed by atoms with Gasteiger partial charge >= 0.3 is 0 Å². The highest BCUT2D eigenvalue weighted by Crippen LogP contribution is 2.26. The molecule has 118 valence electrons. The van der Waals surface area contributed by atoms with E-state index in [9.17, 15) is 10.1 Å². The second kappa shape index (κ2) is 5.62. The van der Waals surface area contributed by atoms with Crippen LogP contribution in [0.2, 0.25) is 0 Å². The number of benzene rings is 1. The van der Waals surface area contributed by atoms with E-state index in [0.717, 1.165) is 27.7 Å². The molecule has 0 amide bonds. The van der Waals surface area contributed by atoms with Crippen molar-refractivity contribution in [3.8, 4) is 11.1 Å². The largest absolute Gasteiger partial charge is 0.346 e. The van der Waals surface area contributed by atoms with E-state index in [1.807, 2.05) is 30.6 Å². The van der Waals surface area contributed by atoms with Gasteiger partial charge in [0.05, 0.1) is 17.7 Å². The summed E-state index contributed by atoms with van der Waals surface area (Å²) < 4.78 is 1.77.